The number of rotatable bonds is 12. The number of aliphatic hydroxyl groups excluding tert-OH is 2. The van der Waals surface area contributed by atoms with Gasteiger partial charge >= 0.3 is 0 Å². The first-order valence-electron chi connectivity index (χ1n) is 11.2. The Morgan fingerprint density at radius 1 is 0.848 bits per heavy atom. The number of hydrogen-bond acceptors (Lipinski definition) is 5. The molecule has 33 heavy (non-hydrogen) atoms. The van der Waals surface area contributed by atoms with Crippen molar-refractivity contribution in [2.75, 3.05) is 19.6 Å². The Bertz CT molecular complexity index is 1020. The smallest absolute Gasteiger partial charge is 0.224 e. The summed E-state index contributed by atoms with van der Waals surface area (Å²) < 4.78 is 0. The molecule has 0 heterocycles. The van der Waals surface area contributed by atoms with Crippen molar-refractivity contribution in [2.45, 2.75) is 32.0 Å². The number of aromatic hydroxyl groups is 1. The summed E-state index contributed by atoms with van der Waals surface area (Å²) in [6, 6.07) is 22.8. The van der Waals surface area contributed by atoms with E-state index in [-0.39, 0.29) is 18.3 Å². The molecule has 0 saturated heterocycles. The quantitative estimate of drug-likeness (QED) is 0.274. The summed E-state index contributed by atoms with van der Waals surface area (Å²) in [5.74, 6) is 0.0339. The number of carbonyl (C=O) groups is 1. The molecular formula is C27H32N2O4. The molecule has 0 aliphatic rings. The lowest BCUT2D eigenvalue weighted by molar-refractivity contribution is -0.120. The van der Waals surface area contributed by atoms with Crippen LogP contribution in [0.2, 0.25) is 0 Å². The topological polar surface area (TPSA) is 102 Å². The van der Waals surface area contributed by atoms with Crippen LogP contribution in [0, 0.1) is 0 Å². The molecule has 0 unspecified atom stereocenters. The van der Waals surface area contributed by atoms with Crippen molar-refractivity contribution in [3.8, 4) is 5.75 Å². The van der Waals surface area contributed by atoms with Gasteiger partial charge in [0, 0.05) is 18.7 Å². The van der Waals surface area contributed by atoms with Crippen LogP contribution in [0.25, 0.3) is 0 Å². The summed E-state index contributed by atoms with van der Waals surface area (Å²) in [6.45, 7) is 1.38. The first kappa shape index (κ1) is 24.5. The maximum absolute atomic E-state index is 12.3. The highest BCUT2D eigenvalue weighted by atomic mass is 16.3. The van der Waals surface area contributed by atoms with Crippen molar-refractivity contribution in [1.29, 1.82) is 0 Å². The van der Waals surface area contributed by atoms with Gasteiger partial charge in [-0.25, -0.2) is 0 Å². The van der Waals surface area contributed by atoms with E-state index in [0.29, 0.717) is 37.2 Å². The number of aliphatic hydroxyl groups is 2. The molecule has 174 valence electrons. The zero-order valence-corrected chi connectivity index (χ0v) is 18.7. The summed E-state index contributed by atoms with van der Waals surface area (Å²) in [6.07, 6.45) is 1.20. The predicted molar refractivity (Wildman–Crippen MR) is 129 cm³/mol. The van der Waals surface area contributed by atoms with Gasteiger partial charge in [0.05, 0.1) is 19.1 Å². The van der Waals surface area contributed by atoms with Gasteiger partial charge in [-0.2, -0.15) is 0 Å². The molecular weight excluding hydrogens is 416 g/mol. The summed E-state index contributed by atoms with van der Waals surface area (Å²) in [4.78, 5) is 12.3. The number of phenols is 1. The number of nitrogens with one attached hydrogen (secondary N) is 2. The summed E-state index contributed by atoms with van der Waals surface area (Å²) in [7, 11) is 0. The molecule has 3 aromatic rings. The van der Waals surface area contributed by atoms with Gasteiger partial charge in [0.25, 0.3) is 0 Å². The van der Waals surface area contributed by atoms with Crippen molar-refractivity contribution in [1.82, 2.24) is 10.6 Å². The average Bonchev–Trinajstić information content (AvgIpc) is 2.83. The van der Waals surface area contributed by atoms with Crippen LogP contribution in [0.1, 0.15) is 33.9 Å². The second-order valence-corrected chi connectivity index (χ2v) is 8.10. The normalized spacial score (nSPS) is 11.8. The zero-order chi connectivity index (χ0) is 23.5. The first-order valence-corrected chi connectivity index (χ1v) is 11.2. The van der Waals surface area contributed by atoms with Crippen LogP contribution in [0.4, 0.5) is 0 Å². The Morgan fingerprint density at radius 3 is 2.36 bits per heavy atom. The van der Waals surface area contributed by atoms with E-state index in [2.05, 4.69) is 22.8 Å². The van der Waals surface area contributed by atoms with E-state index < -0.39 is 6.10 Å². The Kier molecular flexibility index (Phi) is 9.44. The van der Waals surface area contributed by atoms with E-state index in [1.54, 1.807) is 12.1 Å². The number of benzene rings is 3. The van der Waals surface area contributed by atoms with E-state index in [1.807, 2.05) is 42.5 Å². The molecule has 1 atom stereocenters. The lowest BCUT2D eigenvalue weighted by Crippen LogP contribution is -2.27. The van der Waals surface area contributed by atoms with Gasteiger partial charge in [-0.1, -0.05) is 60.7 Å². The largest absolute Gasteiger partial charge is 0.508 e. The van der Waals surface area contributed by atoms with Crippen LogP contribution >= 0.6 is 0 Å². The minimum absolute atomic E-state index is 0.0143. The van der Waals surface area contributed by atoms with E-state index >= 15 is 0 Å². The van der Waals surface area contributed by atoms with Gasteiger partial charge in [0.2, 0.25) is 5.91 Å². The molecule has 0 aliphatic carbocycles. The van der Waals surface area contributed by atoms with Gasteiger partial charge in [-0.3, -0.25) is 4.79 Å². The lowest BCUT2D eigenvalue weighted by Gasteiger charge is -2.14. The maximum Gasteiger partial charge on any atom is 0.224 e. The molecule has 5 N–H and O–H groups in total. The molecule has 6 heteroatoms. The van der Waals surface area contributed by atoms with Gasteiger partial charge in [0.15, 0.2) is 0 Å². The molecule has 0 aromatic heterocycles. The third kappa shape index (κ3) is 8.02. The van der Waals surface area contributed by atoms with Crippen LogP contribution in [-0.2, 0) is 30.7 Å². The van der Waals surface area contributed by atoms with Crippen molar-refractivity contribution >= 4 is 5.91 Å². The van der Waals surface area contributed by atoms with E-state index in [0.717, 1.165) is 24.0 Å². The predicted octanol–water partition coefficient (Wildman–Crippen LogP) is 2.65. The fourth-order valence-electron chi connectivity index (χ4n) is 3.66. The molecule has 0 bridgehead atoms. The fraction of sp³-hybridized carbons (Fsp3) is 0.296. The molecule has 0 saturated carbocycles. The molecule has 0 spiro atoms. The monoisotopic (exact) mass is 448 g/mol. The number of carbonyl (C=O) groups excluding carboxylic acids is 1. The molecule has 6 nitrogen and oxygen atoms in total. The van der Waals surface area contributed by atoms with Gasteiger partial charge in [-0.05, 0) is 53.8 Å². The second-order valence-electron chi connectivity index (χ2n) is 8.10. The standard InChI is InChI=1S/C27H32N2O4/c30-19-24-17-23(9-10-25(24)31)26(32)18-28-13-11-21-7-4-8-22(15-21)16-27(33)29-14-12-20-5-2-1-3-6-20/h1-10,15,17,26,28,30-32H,11-14,16,18-19H2,(H,29,33)/t26-/m1/s1. The third-order valence-corrected chi connectivity index (χ3v) is 5.52. The SMILES string of the molecule is O=C(Cc1cccc(CCNC[C@@H](O)c2ccc(O)c(CO)c2)c1)NCCc1ccccc1. The molecule has 0 fully saturated rings. The van der Waals surface area contributed by atoms with E-state index in [4.69, 9.17) is 0 Å². The van der Waals surface area contributed by atoms with Gasteiger partial charge in [-0.15, -0.1) is 0 Å². The Labute approximate surface area is 194 Å². The lowest BCUT2D eigenvalue weighted by atomic mass is 10.0. The third-order valence-electron chi connectivity index (χ3n) is 5.52. The molecule has 3 aromatic carbocycles. The van der Waals surface area contributed by atoms with Crippen LogP contribution in [0.15, 0.2) is 72.8 Å². The minimum atomic E-state index is -0.734. The highest BCUT2D eigenvalue weighted by Gasteiger charge is 2.10. The maximum atomic E-state index is 12.3. The minimum Gasteiger partial charge on any atom is -0.508 e. The number of hydrogen-bond donors (Lipinski definition) is 5. The molecule has 0 aliphatic heterocycles. The van der Waals surface area contributed by atoms with Crippen molar-refractivity contribution in [3.05, 3.63) is 101 Å². The molecule has 0 radical (unpaired) electrons. The average molecular weight is 449 g/mol. The first-order chi connectivity index (χ1) is 16.0. The Hall–Kier alpha value is -3.19. The highest BCUT2D eigenvalue weighted by Crippen LogP contribution is 2.22. The highest BCUT2D eigenvalue weighted by molar-refractivity contribution is 5.78. The number of amides is 1. The van der Waals surface area contributed by atoms with Gasteiger partial charge < -0.3 is 26.0 Å². The van der Waals surface area contributed by atoms with Crippen LogP contribution in [0.5, 0.6) is 5.75 Å². The van der Waals surface area contributed by atoms with Gasteiger partial charge in [0.1, 0.15) is 5.75 Å². The van der Waals surface area contributed by atoms with Crippen molar-refractivity contribution in [2.24, 2.45) is 0 Å². The second kappa shape index (κ2) is 12.7. The van der Waals surface area contributed by atoms with E-state index in [1.165, 1.54) is 11.6 Å². The Morgan fingerprint density at radius 2 is 1.58 bits per heavy atom. The van der Waals surface area contributed by atoms with Crippen molar-refractivity contribution < 1.29 is 20.1 Å². The summed E-state index contributed by atoms with van der Waals surface area (Å²) in [5, 5.41) is 35.5. The molecule has 3 rings (SSSR count). The van der Waals surface area contributed by atoms with Crippen LogP contribution in [-0.4, -0.2) is 40.9 Å². The van der Waals surface area contributed by atoms with Crippen molar-refractivity contribution in [3.63, 3.8) is 0 Å². The molecule has 1 amide bonds. The fourth-order valence-corrected chi connectivity index (χ4v) is 3.66. The Balaban J connectivity index is 1.39. The van der Waals surface area contributed by atoms with E-state index in [9.17, 15) is 20.1 Å². The zero-order valence-electron chi connectivity index (χ0n) is 18.7. The summed E-state index contributed by atoms with van der Waals surface area (Å²) in [5.41, 5.74) is 4.35. The van der Waals surface area contributed by atoms with Crippen LogP contribution in [0.3, 0.4) is 0 Å². The summed E-state index contributed by atoms with van der Waals surface area (Å²) >= 11 is 0. The van der Waals surface area contributed by atoms with Crippen LogP contribution < -0.4 is 10.6 Å².